The highest BCUT2D eigenvalue weighted by Gasteiger charge is 2.25. The van der Waals surface area contributed by atoms with E-state index in [1.807, 2.05) is 19.2 Å². The van der Waals surface area contributed by atoms with Crippen molar-refractivity contribution >= 4 is 15.9 Å². The number of rotatable bonds is 7. The molecule has 1 amide bonds. The quantitative estimate of drug-likeness (QED) is 0.745. The molecular formula is C19H30N2O3S. The molecular weight excluding hydrogens is 336 g/mol. The van der Waals surface area contributed by atoms with E-state index in [4.69, 9.17) is 0 Å². The fourth-order valence-corrected chi connectivity index (χ4v) is 4.69. The Balaban J connectivity index is 1.94. The first-order chi connectivity index (χ1) is 11.8. The van der Waals surface area contributed by atoms with Crippen LogP contribution in [0.4, 0.5) is 0 Å². The van der Waals surface area contributed by atoms with Crippen LogP contribution in [0.25, 0.3) is 0 Å². The van der Waals surface area contributed by atoms with Crippen molar-refractivity contribution in [3.8, 4) is 0 Å². The fourth-order valence-electron chi connectivity index (χ4n) is 3.17. The number of aryl methyl sites for hydroxylation is 1. The Morgan fingerprint density at radius 1 is 1.12 bits per heavy atom. The van der Waals surface area contributed by atoms with Gasteiger partial charge >= 0.3 is 0 Å². The van der Waals surface area contributed by atoms with E-state index in [-0.39, 0.29) is 5.91 Å². The van der Waals surface area contributed by atoms with Crippen LogP contribution >= 0.6 is 0 Å². The Morgan fingerprint density at radius 3 is 2.28 bits per heavy atom. The molecule has 0 bridgehead atoms. The number of carbonyl (C=O) groups is 1. The molecule has 0 saturated carbocycles. The minimum absolute atomic E-state index is 0.124. The number of carbonyl (C=O) groups excluding carboxylic acids is 1. The van der Waals surface area contributed by atoms with Crippen molar-refractivity contribution in [1.82, 2.24) is 9.21 Å². The minimum Gasteiger partial charge on any atom is -0.345 e. The second-order valence-corrected chi connectivity index (χ2v) is 9.21. The van der Waals surface area contributed by atoms with Crippen LogP contribution in [-0.4, -0.2) is 50.2 Å². The van der Waals surface area contributed by atoms with Crippen LogP contribution in [0.1, 0.15) is 45.1 Å². The van der Waals surface area contributed by atoms with Gasteiger partial charge in [-0.1, -0.05) is 32.4 Å². The maximum atomic E-state index is 12.6. The molecule has 1 aliphatic rings. The Bertz CT molecular complexity index is 662. The van der Waals surface area contributed by atoms with E-state index < -0.39 is 10.0 Å². The molecule has 2 rings (SSSR count). The molecule has 1 aromatic rings. The standard InChI is InChI=1S/C19H30N2O3S/c1-16(2)15-20(3)19(22)12-9-17-7-10-18(11-8-17)25(23,24)21-13-5-4-6-14-21/h7-8,10-11,16H,4-6,9,12-15H2,1-3H3. The lowest BCUT2D eigenvalue weighted by atomic mass is 10.1. The number of amides is 1. The summed E-state index contributed by atoms with van der Waals surface area (Å²) in [6.07, 6.45) is 4.05. The number of sulfonamides is 1. The molecule has 140 valence electrons. The zero-order valence-electron chi connectivity index (χ0n) is 15.6. The van der Waals surface area contributed by atoms with E-state index in [0.717, 1.165) is 31.4 Å². The van der Waals surface area contributed by atoms with Crippen LogP contribution < -0.4 is 0 Å². The first-order valence-electron chi connectivity index (χ1n) is 9.14. The van der Waals surface area contributed by atoms with E-state index >= 15 is 0 Å². The van der Waals surface area contributed by atoms with E-state index in [2.05, 4.69) is 13.8 Å². The molecule has 5 nitrogen and oxygen atoms in total. The summed E-state index contributed by atoms with van der Waals surface area (Å²) in [7, 11) is -1.55. The van der Waals surface area contributed by atoms with Crippen molar-refractivity contribution < 1.29 is 13.2 Å². The van der Waals surface area contributed by atoms with Crippen molar-refractivity contribution in [3.05, 3.63) is 29.8 Å². The van der Waals surface area contributed by atoms with Crippen molar-refractivity contribution in [3.63, 3.8) is 0 Å². The average Bonchev–Trinajstić information content (AvgIpc) is 2.60. The lowest BCUT2D eigenvalue weighted by molar-refractivity contribution is -0.130. The molecule has 1 aliphatic heterocycles. The molecule has 0 aromatic heterocycles. The van der Waals surface area contributed by atoms with Crippen molar-refractivity contribution in [1.29, 1.82) is 0 Å². The Morgan fingerprint density at radius 2 is 1.72 bits per heavy atom. The molecule has 1 fully saturated rings. The maximum absolute atomic E-state index is 12.6. The lowest BCUT2D eigenvalue weighted by Gasteiger charge is -2.25. The summed E-state index contributed by atoms with van der Waals surface area (Å²) in [6, 6.07) is 6.99. The topological polar surface area (TPSA) is 57.7 Å². The van der Waals surface area contributed by atoms with Crippen molar-refractivity contribution in [2.24, 2.45) is 5.92 Å². The number of nitrogens with zero attached hydrogens (tertiary/aromatic N) is 2. The number of hydrogen-bond donors (Lipinski definition) is 0. The van der Waals surface area contributed by atoms with Crippen LogP contribution in [0.3, 0.4) is 0 Å². The predicted octanol–water partition coefficient (Wildman–Crippen LogP) is 2.91. The normalized spacial score (nSPS) is 16.2. The summed E-state index contributed by atoms with van der Waals surface area (Å²) in [5.74, 6) is 0.576. The molecule has 0 unspecified atom stereocenters. The molecule has 0 N–H and O–H groups in total. The first kappa shape index (κ1) is 19.9. The highest BCUT2D eigenvalue weighted by atomic mass is 32.2. The molecule has 1 heterocycles. The van der Waals surface area contributed by atoms with Crippen LogP contribution in [0.2, 0.25) is 0 Å². The summed E-state index contributed by atoms with van der Waals surface area (Å²) in [5.41, 5.74) is 0.990. The Kier molecular flexibility index (Phi) is 7.02. The third-order valence-electron chi connectivity index (χ3n) is 4.57. The Hall–Kier alpha value is -1.40. The molecule has 25 heavy (non-hydrogen) atoms. The summed E-state index contributed by atoms with van der Waals surface area (Å²) in [5, 5.41) is 0. The molecule has 0 aliphatic carbocycles. The molecule has 0 atom stereocenters. The van der Waals surface area contributed by atoms with E-state index in [9.17, 15) is 13.2 Å². The second kappa shape index (κ2) is 8.81. The van der Waals surface area contributed by atoms with E-state index in [1.54, 1.807) is 21.3 Å². The van der Waals surface area contributed by atoms with Gasteiger partial charge in [-0.2, -0.15) is 4.31 Å². The van der Waals surface area contributed by atoms with Crippen molar-refractivity contribution in [2.45, 2.75) is 50.8 Å². The molecule has 1 aromatic carbocycles. The Labute approximate surface area is 152 Å². The van der Waals surface area contributed by atoms with Gasteiger partial charge in [0.25, 0.3) is 0 Å². The summed E-state index contributed by atoms with van der Waals surface area (Å²) < 4.78 is 26.8. The minimum atomic E-state index is -3.38. The third-order valence-corrected chi connectivity index (χ3v) is 6.48. The van der Waals surface area contributed by atoms with Gasteiger partial charge < -0.3 is 4.90 Å². The zero-order valence-corrected chi connectivity index (χ0v) is 16.4. The van der Waals surface area contributed by atoms with Gasteiger partial charge in [0.1, 0.15) is 0 Å². The predicted molar refractivity (Wildman–Crippen MR) is 99.8 cm³/mol. The largest absolute Gasteiger partial charge is 0.345 e. The fraction of sp³-hybridized carbons (Fsp3) is 0.632. The first-order valence-corrected chi connectivity index (χ1v) is 10.6. The van der Waals surface area contributed by atoms with Gasteiger partial charge in [-0.05, 0) is 42.9 Å². The number of piperidine rings is 1. The van der Waals surface area contributed by atoms with Gasteiger partial charge in [-0.15, -0.1) is 0 Å². The van der Waals surface area contributed by atoms with Gasteiger partial charge in [0, 0.05) is 33.1 Å². The molecule has 0 radical (unpaired) electrons. The van der Waals surface area contributed by atoms with Crippen LogP contribution in [0, 0.1) is 5.92 Å². The third kappa shape index (κ3) is 5.54. The van der Waals surface area contributed by atoms with E-state index in [0.29, 0.717) is 36.7 Å². The van der Waals surface area contributed by atoms with Crippen LogP contribution in [0.15, 0.2) is 29.2 Å². The monoisotopic (exact) mass is 366 g/mol. The smallest absolute Gasteiger partial charge is 0.243 e. The zero-order chi connectivity index (χ0) is 18.4. The van der Waals surface area contributed by atoms with Gasteiger partial charge in [0.15, 0.2) is 0 Å². The summed E-state index contributed by atoms with van der Waals surface area (Å²) >= 11 is 0. The van der Waals surface area contributed by atoms with E-state index in [1.165, 1.54) is 0 Å². The lowest BCUT2D eigenvalue weighted by Crippen LogP contribution is -2.35. The average molecular weight is 367 g/mol. The highest BCUT2D eigenvalue weighted by Crippen LogP contribution is 2.21. The molecule has 0 spiro atoms. The van der Waals surface area contributed by atoms with Gasteiger partial charge in [0.05, 0.1) is 4.90 Å². The maximum Gasteiger partial charge on any atom is 0.243 e. The van der Waals surface area contributed by atoms with Crippen molar-refractivity contribution in [2.75, 3.05) is 26.7 Å². The number of hydrogen-bond acceptors (Lipinski definition) is 3. The molecule has 1 saturated heterocycles. The van der Waals surface area contributed by atoms with Crippen LogP contribution in [-0.2, 0) is 21.2 Å². The van der Waals surface area contributed by atoms with Gasteiger partial charge in [-0.3, -0.25) is 4.79 Å². The van der Waals surface area contributed by atoms with Gasteiger partial charge in [0.2, 0.25) is 15.9 Å². The van der Waals surface area contributed by atoms with Crippen LogP contribution in [0.5, 0.6) is 0 Å². The SMILES string of the molecule is CC(C)CN(C)C(=O)CCc1ccc(S(=O)(=O)N2CCCCC2)cc1. The second-order valence-electron chi connectivity index (χ2n) is 7.28. The summed E-state index contributed by atoms with van der Waals surface area (Å²) in [6.45, 7) is 6.16. The number of benzene rings is 1. The molecule has 6 heteroatoms. The highest BCUT2D eigenvalue weighted by molar-refractivity contribution is 7.89. The van der Waals surface area contributed by atoms with Gasteiger partial charge in [-0.25, -0.2) is 8.42 Å². The summed E-state index contributed by atoms with van der Waals surface area (Å²) in [4.78, 5) is 14.2.